The molecule has 0 aromatic heterocycles. The van der Waals surface area contributed by atoms with Crippen LogP contribution in [0.1, 0.15) is 46.0 Å². The molecule has 1 fully saturated rings. The molecule has 4 nitrogen and oxygen atoms in total. The summed E-state index contributed by atoms with van der Waals surface area (Å²) in [6.45, 7) is 8.50. The Balaban J connectivity index is 2.15. The largest absolute Gasteiger partial charge is 0.354 e. The molecule has 0 aromatic carbocycles. The van der Waals surface area contributed by atoms with Gasteiger partial charge < -0.3 is 16.0 Å². The minimum atomic E-state index is -0.336. The second-order valence-corrected chi connectivity index (χ2v) is 5.61. The zero-order valence-electron chi connectivity index (χ0n) is 12.0. The van der Waals surface area contributed by atoms with Gasteiger partial charge in [0.15, 0.2) is 0 Å². The number of hydrogen-bond donors (Lipinski definition) is 2. The van der Waals surface area contributed by atoms with Crippen molar-refractivity contribution in [2.45, 2.75) is 52.0 Å². The lowest BCUT2D eigenvalue weighted by molar-refractivity contribution is -0.122. The Morgan fingerprint density at radius 3 is 2.61 bits per heavy atom. The van der Waals surface area contributed by atoms with Crippen molar-refractivity contribution >= 4 is 5.91 Å². The lowest BCUT2D eigenvalue weighted by atomic mass is 10.1. The molecule has 0 spiro atoms. The number of nitrogens with two attached hydrogens (primary N) is 1. The van der Waals surface area contributed by atoms with Gasteiger partial charge in [0.25, 0.3) is 0 Å². The van der Waals surface area contributed by atoms with Gasteiger partial charge in [0.2, 0.25) is 5.91 Å². The van der Waals surface area contributed by atoms with Crippen LogP contribution in [0.25, 0.3) is 0 Å². The molecule has 0 bridgehead atoms. The third kappa shape index (κ3) is 5.83. The minimum Gasteiger partial charge on any atom is -0.354 e. The molecule has 0 aliphatic carbocycles. The predicted octanol–water partition coefficient (Wildman–Crippen LogP) is 1.35. The van der Waals surface area contributed by atoms with E-state index in [1.54, 1.807) is 0 Å². The summed E-state index contributed by atoms with van der Waals surface area (Å²) in [5.41, 5.74) is 5.78. The van der Waals surface area contributed by atoms with E-state index in [0.717, 1.165) is 25.9 Å². The first kappa shape index (κ1) is 15.4. The van der Waals surface area contributed by atoms with Gasteiger partial charge in [-0.2, -0.15) is 0 Å². The van der Waals surface area contributed by atoms with Gasteiger partial charge in [-0.15, -0.1) is 0 Å². The van der Waals surface area contributed by atoms with Gasteiger partial charge in [0.1, 0.15) is 0 Å². The van der Waals surface area contributed by atoms with E-state index in [0.29, 0.717) is 5.92 Å². The van der Waals surface area contributed by atoms with Crippen LogP contribution in [0.2, 0.25) is 0 Å². The van der Waals surface area contributed by atoms with Gasteiger partial charge in [-0.05, 0) is 38.3 Å². The molecule has 4 heteroatoms. The number of nitrogens with zero attached hydrogens (tertiary/aromatic N) is 1. The maximum absolute atomic E-state index is 11.7. The number of hydrogen-bond acceptors (Lipinski definition) is 3. The normalized spacial score (nSPS) is 20.4. The quantitative estimate of drug-likeness (QED) is 0.722. The van der Waals surface area contributed by atoms with Gasteiger partial charge in [-0.1, -0.05) is 26.7 Å². The van der Waals surface area contributed by atoms with Crippen molar-refractivity contribution < 1.29 is 4.79 Å². The van der Waals surface area contributed by atoms with E-state index in [9.17, 15) is 4.79 Å². The van der Waals surface area contributed by atoms with Crippen LogP contribution in [-0.4, -0.2) is 43.0 Å². The Morgan fingerprint density at radius 2 is 2.00 bits per heavy atom. The maximum Gasteiger partial charge on any atom is 0.236 e. The van der Waals surface area contributed by atoms with Crippen molar-refractivity contribution in [3.05, 3.63) is 0 Å². The van der Waals surface area contributed by atoms with Crippen molar-refractivity contribution in [3.8, 4) is 0 Å². The molecule has 0 saturated carbocycles. The molecule has 1 amide bonds. The van der Waals surface area contributed by atoms with Gasteiger partial charge >= 0.3 is 0 Å². The van der Waals surface area contributed by atoms with Crippen molar-refractivity contribution in [2.75, 3.05) is 26.2 Å². The number of piperidine rings is 1. The summed E-state index contributed by atoms with van der Waals surface area (Å²) in [4.78, 5) is 14.2. The number of carbonyl (C=O) groups is 1. The third-order valence-electron chi connectivity index (χ3n) is 3.58. The molecular weight excluding hydrogens is 226 g/mol. The van der Waals surface area contributed by atoms with Crippen LogP contribution in [0.4, 0.5) is 0 Å². The van der Waals surface area contributed by atoms with E-state index in [-0.39, 0.29) is 11.9 Å². The Labute approximate surface area is 111 Å². The van der Waals surface area contributed by atoms with Gasteiger partial charge in [0.05, 0.1) is 6.04 Å². The van der Waals surface area contributed by atoms with Gasteiger partial charge in [-0.3, -0.25) is 4.79 Å². The van der Waals surface area contributed by atoms with E-state index in [1.165, 1.54) is 32.4 Å². The fraction of sp³-hybridized carbons (Fsp3) is 0.929. The first-order chi connectivity index (χ1) is 8.63. The van der Waals surface area contributed by atoms with E-state index >= 15 is 0 Å². The number of amides is 1. The van der Waals surface area contributed by atoms with Crippen LogP contribution in [0.3, 0.4) is 0 Å². The van der Waals surface area contributed by atoms with E-state index in [2.05, 4.69) is 17.1 Å². The highest BCUT2D eigenvalue weighted by Gasteiger charge is 2.16. The molecule has 3 N–H and O–H groups in total. The molecule has 1 heterocycles. The van der Waals surface area contributed by atoms with E-state index in [4.69, 9.17) is 5.73 Å². The van der Waals surface area contributed by atoms with Crippen molar-refractivity contribution in [1.82, 2.24) is 10.2 Å². The van der Waals surface area contributed by atoms with Crippen molar-refractivity contribution in [2.24, 2.45) is 11.7 Å². The fourth-order valence-corrected chi connectivity index (χ4v) is 2.50. The second kappa shape index (κ2) is 8.48. The number of likely N-dealkylation sites (tertiary alicyclic amines) is 1. The fourth-order valence-electron chi connectivity index (χ4n) is 2.50. The van der Waals surface area contributed by atoms with Crippen molar-refractivity contribution in [3.63, 3.8) is 0 Å². The molecule has 2 atom stereocenters. The summed E-state index contributed by atoms with van der Waals surface area (Å²) < 4.78 is 0. The highest BCUT2D eigenvalue weighted by atomic mass is 16.2. The van der Waals surface area contributed by atoms with Crippen LogP contribution < -0.4 is 11.1 Å². The first-order valence-electron chi connectivity index (χ1n) is 7.39. The Bertz CT molecular complexity index is 239. The summed E-state index contributed by atoms with van der Waals surface area (Å²) in [6.07, 6.45) is 5.73. The molecule has 1 aliphatic heterocycles. The Hall–Kier alpha value is -0.610. The average molecular weight is 255 g/mol. The van der Waals surface area contributed by atoms with Gasteiger partial charge in [0, 0.05) is 13.1 Å². The lowest BCUT2D eigenvalue weighted by Gasteiger charge is -2.29. The molecule has 18 heavy (non-hydrogen) atoms. The lowest BCUT2D eigenvalue weighted by Crippen LogP contribution is -2.44. The number of carbonyl (C=O) groups excluding carboxylic acids is 1. The Kier molecular flexibility index (Phi) is 7.28. The molecule has 0 radical (unpaired) electrons. The van der Waals surface area contributed by atoms with Crippen LogP contribution in [-0.2, 0) is 4.79 Å². The third-order valence-corrected chi connectivity index (χ3v) is 3.58. The molecule has 106 valence electrons. The van der Waals surface area contributed by atoms with Crippen molar-refractivity contribution in [1.29, 1.82) is 0 Å². The van der Waals surface area contributed by atoms with Gasteiger partial charge in [-0.25, -0.2) is 0 Å². The smallest absolute Gasteiger partial charge is 0.236 e. The SMILES string of the molecule is CCC[C@H](N)C(=O)NCC(C)CN1CCCCC1. The maximum atomic E-state index is 11.7. The predicted molar refractivity (Wildman–Crippen MR) is 75.3 cm³/mol. The highest BCUT2D eigenvalue weighted by Crippen LogP contribution is 2.10. The summed E-state index contributed by atoms with van der Waals surface area (Å²) in [6, 6.07) is -0.336. The van der Waals surface area contributed by atoms with Crippen LogP contribution in [0, 0.1) is 5.92 Å². The van der Waals surface area contributed by atoms with E-state index < -0.39 is 0 Å². The van der Waals surface area contributed by atoms with Crippen LogP contribution >= 0.6 is 0 Å². The Morgan fingerprint density at radius 1 is 1.33 bits per heavy atom. The molecule has 1 aliphatic rings. The zero-order chi connectivity index (χ0) is 13.4. The molecule has 1 saturated heterocycles. The topological polar surface area (TPSA) is 58.4 Å². The monoisotopic (exact) mass is 255 g/mol. The molecule has 1 unspecified atom stereocenters. The molecular formula is C14H29N3O. The van der Waals surface area contributed by atoms with E-state index in [1.807, 2.05) is 6.92 Å². The molecule has 0 aromatic rings. The summed E-state index contributed by atoms with van der Waals surface area (Å²) in [5, 5.41) is 2.97. The second-order valence-electron chi connectivity index (χ2n) is 5.61. The summed E-state index contributed by atoms with van der Waals surface area (Å²) in [7, 11) is 0. The minimum absolute atomic E-state index is 0.00217. The molecule has 1 rings (SSSR count). The number of nitrogens with one attached hydrogen (secondary N) is 1. The standard InChI is InChI=1S/C14H29N3O/c1-3-7-13(15)14(18)16-10-12(2)11-17-8-5-4-6-9-17/h12-13H,3-11,15H2,1-2H3,(H,16,18)/t12?,13-/m0/s1. The van der Waals surface area contributed by atoms with Crippen LogP contribution in [0.5, 0.6) is 0 Å². The first-order valence-corrected chi connectivity index (χ1v) is 7.39. The average Bonchev–Trinajstić information content (AvgIpc) is 2.37. The summed E-state index contributed by atoms with van der Waals surface area (Å²) >= 11 is 0. The zero-order valence-corrected chi connectivity index (χ0v) is 12.0. The van der Waals surface area contributed by atoms with Crippen LogP contribution in [0.15, 0.2) is 0 Å². The highest BCUT2D eigenvalue weighted by molar-refractivity contribution is 5.81. The summed E-state index contributed by atoms with van der Waals surface area (Å²) in [5.74, 6) is 0.503. The number of rotatable bonds is 7.